The van der Waals surface area contributed by atoms with Crippen LogP contribution in [0.4, 0.5) is 0 Å². The van der Waals surface area contributed by atoms with Crippen molar-refractivity contribution in [2.45, 2.75) is 56.8 Å². The molecule has 0 spiro atoms. The molecule has 1 fully saturated rings. The van der Waals surface area contributed by atoms with E-state index in [9.17, 15) is 5.11 Å². The summed E-state index contributed by atoms with van der Waals surface area (Å²) in [4.78, 5) is 0.853. The van der Waals surface area contributed by atoms with E-state index in [4.69, 9.17) is 0 Å². The molecule has 0 aromatic heterocycles. The summed E-state index contributed by atoms with van der Waals surface area (Å²) in [5.41, 5.74) is 0. The summed E-state index contributed by atoms with van der Waals surface area (Å²) in [6.45, 7) is 6.25. The van der Waals surface area contributed by atoms with Crippen LogP contribution in [-0.2, 0) is 0 Å². The summed E-state index contributed by atoms with van der Waals surface area (Å²) < 4.78 is 0. The monoisotopic (exact) mass is 238 g/mol. The van der Waals surface area contributed by atoms with Crippen molar-refractivity contribution in [3.05, 3.63) is 0 Å². The van der Waals surface area contributed by atoms with Gasteiger partial charge in [-0.1, -0.05) is 13.8 Å². The minimum absolute atomic E-state index is 0.00979. The van der Waals surface area contributed by atoms with E-state index in [1.165, 1.54) is 6.42 Å². The molecule has 0 amide bonds. The molecule has 0 aliphatic heterocycles. The zero-order chi connectivity index (χ0) is 9.56. The first kappa shape index (κ1) is 12.5. The van der Waals surface area contributed by atoms with Gasteiger partial charge >= 0.3 is 68.9 Å². The molecule has 74 valence electrons. The molecule has 12 heavy (non-hydrogen) atoms. The van der Waals surface area contributed by atoms with E-state index < -0.39 is 0 Å². The summed E-state index contributed by atoms with van der Waals surface area (Å²) in [5.74, 6) is 3.04. The van der Waals surface area contributed by atoms with Crippen LogP contribution in [0.1, 0.15) is 40.0 Å². The van der Waals surface area contributed by atoms with Crippen molar-refractivity contribution in [1.82, 2.24) is 0 Å². The molecule has 1 aliphatic carbocycles. The van der Waals surface area contributed by atoms with E-state index in [2.05, 4.69) is 12.7 Å². The Morgan fingerprint density at radius 1 is 1.17 bits per heavy atom. The second kappa shape index (κ2) is 6.94. The van der Waals surface area contributed by atoms with Crippen molar-refractivity contribution in [2.24, 2.45) is 5.92 Å². The number of rotatable bonds is 1. The van der Waals surface area contributed by atoms with E-state index in [1.54, 1.807) is 0 Å². The third-order valence-corrected chi connectivity index (χ3v) is 4.41. The van der Waals surface area contributed by atoms with E-state index in [1.807, 2.05) is 13.8 Å². The minimum atomic E-state index is 0.00979. The van der Waals surface area contributed by atoms with Gasteiger partial charge in [-0.05, 0) is 0 Å². The first-order valence-electron chi connectivity index (χ1n) is 4.93. The van der Waals surface area contributed by atoms with Crippen molar-refractivity contribution < 1.29 is 5.11 Å². The molecular weight excluding hydrogens is 215 g/mol. The quantitative estimate of drug-likeness (QED) is 0.695. The van der Waals surface area contributed by atoms with Gasteiger partial charge in [0.25, 0.3) is 0 Å². The van der Waals surface area contributed by atoms with Crippen LogP contribution in [0.15, 0.2) is 0 Å². The molecule has 0 radical (unpaired) electrons. The topological polar surface area (TPSA) is 20.2 Å². The van der Waals surface area contributed by atoms with Gasteiger partial charge in [-0.2, -0.15) is 0 Å². The van der Waals surface area contributed by atoms with Crippen LogP contribution in [0.5, 0.6) is 0 Å². The molecule has 0 saturated heterocycles. The molecule has 1 rings (SSSR count). The fourth-order valence-corrected chi connectivity index (χ4v) is 3.66. The van der Waals surface area contributed by atoms with Gasteiger partial charge in [-0.3, -0.25) is 0 Å². The molecule has 0 bridgehead atoms. The Balaban J connectivity index is 0.000000561. The predicted octanol–water partition coefficient (Wildman–Crippen LogP) is 2.73. The van der Waals surface area contributed by atoms with Crippen molar-refractivity contribution >= 4 is 15.0 Å². The summed E-state index contributed by atoms with van der Waals surface area (Å²) in [7, 11) is 0. The fraction of sp³-hybridized carbons (Fsp3) is 1.00. The van der Waals surface area contributed by atoms with Gasteiger partial charge in [0.1, 0.15) is 0 Å². The van der Waals surface area contributed by atoms with E-state index in [-0.39, 0.29) is 6.10 Å². The summed E-state index contributed by atoms with van der Waals surface area (Å²) >= 11 is 0.746. The van der Waals surface area contributed by atoms with Crippen LogP contribution in [0, 0.1) is 5.92 Å². The van der Waals surface area contributed by atoms with Gasteiger partial charge in [0, 0.05) is 0 Å². The van der Waals surface area contributed by atoms with Crippen molar-refractivity contribution in [3.8, 4) is 0 Å². The Hall–Kier alpha value is 0.479. The number of hydrogen-bond acceptors (Lipinski definition) is 1. The zero-order valence-electron chi connectivity index (χ0n) is 8.71. The van der Waals surface area contributed by atoms with Gasteiger partial charge in [-0.15, -0.1) is 0 Å². The number of hydrogen-bond donors (Lipinski definition) is 1. The second-order valence-corrected chi connectivity index (χ2v) is 5.71. The average Bonchev–Trinajstić information content (AvgIpc) is 2.06. The van der Waals surface area contributed by atoms with Crippen molar-refractivity contribution in [3.63, 3.8) is 0 Å². The fourth-order valence-electron chi connectivity index (χ4n) is 1.70. The molecule has 1 saturated carbocycles. The van der Waals surface area contributed by atoms with Gasteiger partial charge in [0.15, 0.2) is 0 Å². The van der Waals surface area contributed by atoms with E-state index in [0.29, 0.717) is 0 Å². The van der Waals surface area contributed by atoms with Gasteiger partial charge in [0.2, 0.25) is 0 Å². The summed E-state index contributed by atoms with van der Waals surface area (Å²) in [5, 5.41) is 9.39. The van der Waals surface area contributed by atoms with Gasteiger partial charge in [0.05, 0.1) is 0 Å². The molecule has 0 heterocycles. The third kappa shape index (κ3) is 4.49. The summed E-state index contributed by atoms with van der Waals surface area (Å²) in [6, 6.07) is 0. The molecule has 3 unspecified atom stereocenters. The van der Waals surface area contributed by atoms with E-state index >= 15 is 0 Å². The standard InChI is InChI=1S/C8H16OSe.C2H6/c1-6-3-7(9)5-8(4-6)10-2;1-2/h6-9H,3-5H2,1-2H3;1-2H3. The Bertz CT molecular complexity index is 96.0. The van der Waals surface area contributed by atoms with Crippen LogP contribution >= 0.6 is 0 Å². The third-order valence-electron chi connectivity index (χ3n) is 2.21. The Kier molecular flexibility index (Phi) is 7.22. The zero-order valence-corrected chi connectivity index (χ0v) is 10.4. The molecule has 1 aliphatic rings. The van der Waals surface area contributed by atoms with Crippen LogP contribution in [0.3, 0.4) is 0 Å². The van der Waals surface area contributed by atoms with Crippen LogP contribution in [0.2, 0.25) is 10.6 Å². The molecule has 0 aromatic rings. The maximum absolute atomic E-state index is 9.39. The van der Waals surface area contributed by atoms with E-state index in [0.717, 1.165) is 38.5 Å². The molecular formula is C10H22OSe. The second-order valence-electron chi connectivity index (χ2n) is 3.32. The molecule has 2 heteroatoms. The summed E-state index contributed by atoms with van der Waals surface area (Å²) in [6.07, 6.45) is 3.47. The Morgan fingerprint density at radius 2 is 1.75 bits per heavy atom. The Labute approximate surface area is 83.1 Å². The predicted molar refractivity (Wildman–Crippen MR) is 55.7 cm³/mol. The van der Waals surface area contributed by atoms with Crippen molar-refractivity contribution in [2.75, 3.05) is 0 Å². The van der Waals surface area contributed by atoms with Gasteiger partial charge < -0.3 is 0 Å². The molecule has 1 N–H and O–H groups in total. The maximum atomic E-state index is 9.39. The SMILES string of the molecule is CC.C[Se]C1CC(C)CC(O)C1. The van der Waals surface area contributed by atoms with Gasteiger partial charge in [-0.25, -0.2) is 0 Å². The van der Waals surface area contributed by atoms with Crippen LogP contribution < -0.4 is 0 Å². The number of aliphatic hydroxyl groups is 1. The van der Waals surface area contributed by atoms with Crippen LogP contribution in [-0.4, -0.2) is 26.2 Å². The number of aliphatic hydroxyl groups excluding tert-OH is 1. The van der Waals surface area contributed by atoms with Crippen LogP contribution in [0.25, 0.3) is 0 Å². The molecule has 1 nitrogen and oxygen atoms in total. The molecule has 3 atom stereocenters. The average molecular weight is 237 g/mol. The van der Waals surface area contributed by atoms with Crippen molar-refractivity contribution in [1.29, 1.82) is 0 Å². The first-order valence-corrected chi connectivity index (χ1v) is 7.63. The first-order chi connectivity index (χ1) is 5.72. The Morgan fingerprint density at radius 3 is 2.17 bits per heavy atom. The normalized spacial score (nSPS) is 35.2. The molecule has 0 aromatic carbocycles.